The van der Waals surface area contributed by atoms with Gasteiger partial charge in [-0.3, -0.25) is 4.79 Å². The van der Waals surface area contributed by atoms with Gasteiger partial charge < -0.3 is 4.74 Å². The van der Waals surface area contributed by atoms with Gasteiger partial charge in [0.2, 0.25) is 0 Å². The summed E-state index contributed by atoms with van der Waals surface area (Å²) in [5, 5.41) is 0. The smallest absolute Gasteiger partial charge is 0.163 e. The van der Waals surface area contributed by atoms with Gasteiger partial charge in [-0.25, -0.2) is 0 Å². The molecule has 0 spiro atoms. The first-order valence-corrected chi connectivity index (χ1v) is 8.33. The van der Waals surface area contributed by atoms with E-state index in [1.807, 2.05) is 13.8 Å². The summed E-state index contributed by atoms with van der Waals surface area (Å²) in [5.41, 5.74) is 5.81. The summed E-state index contributed by atoms with van der Waals surface area (Å²) in [4.78, 5) is 12.1. The molecule has 0 unspecified atom stereocenters. The van der Waals surface area contributed by atoms with Gasteiger partial charge in [0, 0.05) is 12.0 Å². The van der Waals surface area contributed by atoms with Crippen molar-refractivity contribution in [3.8, 4) is 5.75 Å². The number of carbonyl (C=O) groups excluding carboxylic acids is 1. The molecule has 0 bridgehead atoms. The minimum Gasteiger partial charge on any atom is -0.496 e. The van der Waals surface area contributed by atoms with Crippen LogP contribution in [0.2, 0.25) is 0 Å². The fraction of sp³-hybridized carbons (Fsp3) is 0.632. The van der Waals surface area contributed by atoms with Crippen LogP contribution >= 0.6 is 0 Å². The zero-order valence-corrected chi connectivity index (χ0v) is 14.6. The topological polar surface area (TPSA) is 26.3 Å². The molecule has 0 heterocycles. The minimum absolute atomic E-state index is 0.315. The van der Waals surface area contributed by atoms with Crippen molar-refractivity contribution in [3.63, 3.8) is 0 Å². The highest BCUT2D eigenvalue weighted by Gasteiger charge is 2.28. The quantitative estimate of drug-likeness (QED) is 0.697. The third kappa shape index (κ3) is 3.48. The first kappa shape index (κ1) is 17.7. The van der Waals surface area contributed by atoms with Gasteiger partial charge in [-0.2, -0.15) is 0 Å². The van der Waals surface area contributed by atoms with E-state index in [0.717, 1.165) is 29.7 Å². The van der Waals surface area contributed by atoms with E-state index in [1.54, 1.807) is 7.11 Å². The summed E-state index contributed by atoms with van der Waals surface area (Å²) in [6.07, 6.45) is 6.17. The summed E-state index contributed by atoms with van der Waals surface area (Å²) in [6.45, 7) is 10.4. The molecule has 2 nitrogen and oxygen atoms in total. The van der Waals surface area contributed by atoms with Crippen molar-refractivity contribution in [1.82, 2.24) is 0 Å². The van der Waals surface area contributed by atoms with Crippen LogP contribution in [0.4, 0.5) is 0 Å². The second-order valence-electron chi connectivity index (χ2n) is 5.50. The van der Waals surface area contributed by atoms with Gasteiger partial charge in [0.1, 0.15) is 5.75 Å². The first-order chi connectivity index (χ1) is 10.1. The number of ketones is 1. The normalized spacial score (nSPS) is 12.8. The molecular weight excluding hydrogens is 260 g/mol. The van der Waals surface area contributed by atoms with Crippen LogP contribution in [0.5, 0.6) is 5.75 Å². The van der Waals surface area contributed by atoms with E-state index < -0.39 is 0 Å². The molecule has 0 radical (unpaired) electrons. The Kier molecular flexibility index (Phi) is 6.94. The molecule has 0 saturated carbocycles. The number of fused-ring (bicyclic) bond motifs is 1. The third-order valence-corrected chi connectivity index (χ3v) is 4.31. The Labute approximate surface area is 129 Å². The summed E-state index contributed by atoms with van der Waals surface area (Å²) in [7, 11) is 1.74. The Morgan fingerprint density at radius 3 is 2.29 bits per heavy atom. The molecule has 1 aliphatic carbocycles. The van der Waals surface area contributed by atoms with E-state index in [-0.39, 0.29) is 0 Å². The number of benzene rings is 1. The van der Waals surface area contributed by atoms with Gasteiger partial charge in [-0.15, -0.1) is 0 Å². The summed E-state index contributed by atoms with van der Waals surface area (Å²) < 4.78 is 5.64. The van der Waals surface area contributed by atoms with Crippen LogP contribution in [0.25, 0.3) is 0 Å². The molecule has 1 aromatic rings. The average Bonchev–Trinajstić information content (AvgIpc) is 2.89. The summed E-state index contributed by atoms with van der Waals surface area (Å²) in [5.74, 6) is 1.33. The van der Waals surface area contributed by atoms with Crippen molar-refractivity contribution in [3.05, 3.63) is 27.8 Å². The molecule has 0 saturated heterocycles. The van der Waals surface area contributed by atoms with Gasteiger partial charge in [0.05, 0.1) is 7.11 Å². The van der Waals surface area contributed by atoms with Crippen molar-refractivity contribution >= 4 is 5.78 Å². The average molecular weight is 290 g/mol. The largest absolute Gasteiger partial charge is 0.496 e. The van der Waals surface area contributed by atoms with Crippen LogP contribution in [0, 0.1) is 13.8 Å². The standard InChI is InChI=1S/C17H24O2.C2H6/c1-5-6-7-8-14-11(2)16-13(9-10-15(16)18)12(3)17(14)19-4;1-2/h5-10H2,1-4H3;1-2H3. The highest BCUT2D eigenvalue weighted by Crippen LogP contribution is 2.38. The molecule has 0 N–H and O–H groups in total. The maximum atomic E-state index is 12.1. The third-order valence-electron chi connectivity index (χ3n) is 4.31. The van der Waals surface area contributed by atoms with Crippen molar-refractivity contribution < 1.29 is 9.53 Å². The number of Topliss-reactive ketones (excluding diaryl/α,β-unsaturated/α-hetero) is 1. The van der Waals surface area contributed by atoms with Gasteiger partial charge >= 0.3 is 0 Å². The Balaban J connectivity index is 0.00000106. The van der Waals surface area contributed by atoms with Crippen molar-refractivity contribution in [1.29, 1.82) is 0 Å². The predicted octanol–water partition coefficient (Wildman–Crippen LogP) is 5.20. The second kappa shape index (κ2) is 8.21. The Morgan fingerprint density at radius 1 is 1.05 bits per heavy atom. The van der Waals surface area contributed by atoms with Crippen LogP contribution in [0.15, 0.2) is 0 Å². The molecule has 1 aromatic carbocycles. The van der Waals surface area contributed by atoms with Crippen LogP contribution < -0.4 is 4.74 Å². The van der Waals surface area contributed by atoms with Crippen LogP contribution in [0.3, 0.4) is 0 Å². The second-order valence-corrected chi connectivity index (χ2v) is 5.50. The van der Waals surface area contributed by atoms with E-state index in [4.69, 9.17) is 4.74 Å². The lowest BCUT2D eigenvalue weighted by Gasteiger charge is -2.19. The van der Waals surface area contributed by atoms with E-state index in [1.165, 1.54) is 36.0 Å². The predicted molar refractivity (Wildman–Crippen MR) is 89.7 cm³/mol. The number of hydrogen-bond acceptors (Lipinski definition) is 2. The molecule has 2 heteroatoms. The number of unbranched alkanes of at least 4 members (excludes halogenated alkanes) is 2. The molecule has 0 atom stereocenters. The van der Waals surface area contributed by atoms with E-state index in [2.05, 4.69) is 20.8 Å². The molecule has 0 aromatic heterocycles. The van der Waals surface area contributed by atoms with Crippen molar-refractivity contribution in [2.24, 2.45) is 0 Å². The maximum absolute atomic E-state index is 12.1. The Bertz CT molecular complexity index is 501. The lowest BCUT2D eigenvalue weighted by Crippen LogP contribution is -2.06. The van der Waals surface area contributed by atoms with Crippen LogP contribution in [-0.4, -0.2) is 12.9 Å². The van der Waals surface area contributed by atoms with Crippen LogP contribution in [-0.2, 0) is 12.8 Å². The molecular formula is C19H30O2. The van der Waals surface area contributed by atoms with Crippen molar-refractivity contribution in [2.45, 2.75) is 73.1 Å². The van der Waals surface area contributed by atoms with Gasteiger partial charge in [-0.05, 0) is 55.4 Å². The molecule has 1 aliphatic rings. The molecule has 2 rings (SSSR count). The Hall–Kier alpha value is -1.31. The number of ether oxygens (including phenoxy) is 1. The summed E-state index contributed by atoms with van der Waals surface area (Å²) >= 11 is 0. The SMILES string of the molecule is CC.CCCCCc1c(C)c2c(c(C)c1OC)CCC2=O. The number of hydrogen-bond donors (Lipinski definition) is 0. The van der Waals surface area contributed by atoms with E-state index in [0.29, 0.717) is 12.2 Å². The number of methoxy groups -OCH3 is 1. The molecule has 0 amide bonds. The Morgan fingerprint density at radius 2 is 1.71 bits per heavy atom. The molecule has 118 valence electrons. The number of carbonyl (C=O) groups is 1. The van der Waals surface area contributed by atoms with Gasteiger partial charge in [-0.1, -0.05) is 33.6 Å². The summed E-state index contributed by atoms with van der Waals surface area (Å²) in [6, 6.07) is 0. The zero-order valence-electron chi connectivity index (χ0n) is 14.6. The maximum Gasteiger partial charge on any atom is 0.163 e. The fourth-order valence-electron chi connectivity index (χ4n) is 3.28. The minimum atomic E-state index is 0.315. The lowest BCUT2D eigenvalue weighted by atomic mass is 9.90. The highest BCUT2D eigenvalue weighted by molar-refractivity contribution is 6.02. The van der Waals surface area contributed by atoms with Gasteiger partial charge in [0.15, 0.2) is 5.78 Å². The molecule has 0 aliphatic heterocycles. The zero-order chi connectivity index (χ0) is 16.0. The van der Waals surface area contributed by atoms with E-state index >= 15 is 0 Å². The number of rotatable bonds is 5. The highest BCUT2D eigenvalue weighted by atomic mass is 16.5. The first-order valence-electron chi connectivity index (χ1n) is 8.33. The van der Waals surface area contributed by atoms with Crippen LogP contribution in [0.1, 0.15) is 79.1 Å². The van der Waals surface area contributed by atoms with Gasteiger partial charge in [0.25, 0.3) is 0 Å². The fourth-order valence-corrected chi connectivity index (χ4v) is 3.28. The molecule has 21 heavy (non-hydrogen) atoms. The lowest BCUT2D eigenvalue weighted by molar-refractivity contribution is 0.0994. The molecule has 0 fully saturated rings. The van der Waals surface area contributed by atoms with Crippen molar-refractivity contribution in [2.75, 3.05) is 7.11 Å². The van der Waals surface area contributed by atoms with E-state index in [9.17, 15) is 4.79 Å². The monoisotopic (exact) mass is 290 g/mol.